The number of hydrogen-bond acceptors (Lipinski definition) is 1. The van der Waals surface area contributed by atoms with Gasteiger partial charge in [0.2, 0.25) is 0 Å². The molecule has 0 spiro atoms. The van der Waals surface area contributed by atoms with Crippen molar-refractivity contribution in [2.75, 3.05) is 19.6 Å². The molecule has 1 saturated heterocycles. The molecule has 3 rings (SSSR count). The maximum Gasteiger partial charge on any atom is -0.00130 e. The van der Waals surface area contributed by atoms with E-state index in [1.165, 1.54) is 70.1 Å². The largest absolute Gasteiger partial charge is 0.303 e. The van der Waals surface area contributed by atoms with Gasteiger partial charge in [-0.05, 0) is 76.1 Å². The highest BCUT2D eigenvalue weighted by Gasteiger charge is 2.21. The number of likely N-dealkylation sites (tertiary alicyclic amines) is 1. The summed E-state index contributed by atoms with van der Waals surface area (Å²) in [6.07, 6.45) is 16.1. The quantitative estimate of drug-likeness (QED) is 0.668. The summed E-state index contributed by atoms with van der Waals surface area (Å²) in [7, 11) is 0. The maximum absolute atomic E-state index is 2.68. The van der Waals surface area contributed by atoms with Crippen LogP contribution in [0.3, 0.4) is 0 Å². The molecule has 0 bridgehead atoms. The molecule has 0 amide bonds. The Balaban J connectivity index is 1.32. The Hall–Kier alpha value is -1.34. The van der Waals surface area contributed by atoms with E-state index in [1.807, 2.05) is 0 Å². The maximum atomic E-state index is 2.68. The summed E-state index contributed by atoms with van der Waals surface area (Å²) in [5.41, 5.74) is 3.20. The van der Waals surface area contributed by atoms with Crippen molar-refractivity contribution < 1.29 is 0 Å². The minimum atomic E-state index is 0.866. The smallest absolute Gasteiger partial charge is 0.00130 e. The predicted molar refractivity (Wildman–Crippen MR) is 95.0 cm³/mol. The van der Waals surface area contributed by atoms with Gasteiger partial charge in [0.1, 0.15) is 0 Å². The van der Waals surface area contributed by atoms with E-state index in [-0.39, 0.29) is 0 Å². The summed E-state index contributed by atoms with van der Waals surface area (Å²) in [5, 5.41) is 0. The van der Waals surface area contributed by atoms with Gasteiger partial charge in [-0.15, -0.1) is 0 Å². The van der Waals surface area contributed by atoms with Crippen molar-refractivity contribution >= 4 is 0 Å². The molecule has 0 radical (unpaired) electrons. The zero-order chi connectivity index (χ0) is 15.0. The van der Waals surface area contributed by atoms with Crippen molar-refractivity contribution in [3.8, 4) is 0 Å². The van der Waals surface area contributed by atoms with Crippen LogP contribution in [0.1, 0.15) is 44.1 Å². The molecule has 1 aromatic carbocycles. The lowest BCUT2D eigenvalue weighted by Gasteiger charge is -2.33. The number of allylic oxidation sites excluding steroid dienone is 4. The highest BCUT2D eigenvalue weighted by atomic mass is 15.1. The summed E-state index contributed by atoms with van der Waals surface area (Å²) < 4.78 is 0. The predicted octanol–water partition coefficient (Wildman–Crippen LogP) is 5.00. The Bertz CT molecular complexity index is 492. The Morgan fingerprint density at radius 2 is 1.82 bits per heavy atom. The second kappa shape index (κ2) is 8.33. The van der Waals surface area contributed by atoms with Crippen molar-refractivity contribution in [3.05, 3.63) is 59.7 Å². The monoisotopic (exact) mass is 295 g/mol. The van der Waals surface area contributed by atoms with E-state index in [0.29, 0.717) is 0 Å². The third kappa shape index (κ3) is 4.58. The minimum Gasteiger partial charge on any atom is -0.303 e. The van der Waals surface area contributed by atoms with Crippen LogP contribution in [-0.2, 0) is 6.42 Å². The molecule has 1 heteroatoms. The fourth-order valence-corrected chi connectivity index (χ4v) is 3.80. The summed E-state index contributed by atoms with van der Waals surface area (Å²) in [6, 6.07) is 10.9. The molecule has 0 unspecified atom stereocenters. The first kappa shape index (κ1) is 15.6. The van der Waals surface area contributed by atoms with Crippen molar-refractivity contribution in [1.82, 2.24) is 4.90 Å². The zero-order valence-electron chi connectivity index (χ0n) is 13.7. The molecule has 1 heterocycles. The number of benzene rings is 1. The van der Waals surface area contributed by atoms with Crippen LogP contribution in [0.4, 0.5) is 0 Å². The van der Waals surface area contributed by atoms with Gasteiger partial charge in [-0.2, -0.15) is 0 Å². The summed E-state index contributed by atoms with van der Waals surface area (Å²) in [6.45, 7) is 3.90. The molecule has 0 aromatic heterocycles. The van der Waals surface area contributed by atoms with Crippen molar-refractivity contribution in [2.45, 2.75) is 44.9 Å². The van der Waals surface area contributed by atoms with Crippen molar-refractivity contribution in [3.63, 3.8) is 0 Å². The molecule has 0 atom stereocenters. The molecule has 1 aliphatic carbocycles. The molecular weight excluding hydrogens is 266 g/mol. The first-order chi connectivity index (χ1) is 10.9. The highest BCUT2D eigenvalue weighted by Crippen LogP contribution is 2.29. The van der Waals surface area contributed by atoms with Gasteiger partial charge in [-0.3, -0.25) is 0 Å². The lowest BCUT2D eigenvalue weighted by atomic mass is 9.85. The molecule has 22 heavy (non-hydrogen) atoms. The van der Waals surface area contributed by atoms with E-state index < -0.39 is 0 Å². The summed E-state index contributed by atoms with van der Waals surface area (Å²) in [5.74, 6) is 0.866. The molecule has 1 aromatic rings. The zero-order valence-corrected chi connectivity index (χ0v) is 13.7. The number of hydrogen-bond donors (Lipinski definition) is 0. The molecular formula is C21H29N. The Morgan fingerprint density at radius 1 is 1.00 bits per heavy atom. The second-order valence-electron chi connectivity index (χ2n) is 6.77. The molecule has 1 nitrogen and oxygen atoms in total. The van der Waals surface area contributed by atoms with Crippen molar-refractivity contribution in [2.24, 2.45) is 5.92 Å². The van der Waals surface area contributed by atoms with Gasteiger partial charge in [-0.25, -0.2) is 0 Å². The molecule has 118 valence electrons. The third-order valence-electron chi connectivity index (χ3n) is 5.19. The van der Waals surface area contributed by atoms with Crippen LogP contribution < -0.4 is 0 Å². The van der Waals surface area contributed by atoms with Gasteiger partial charge in [-0.1, -0.05) is 54.1 Å². The van der Waals surface area contributed by atoms with E-state index in [1.54, 1.807) is 5.57 Å². The normalized spacial score (nSPS) is 20.1. The van der Waals surface area contributed by atoms with Crippen LogP contribution in [0.25, 0.3) is 0 Å². The van der Waals surface area contributed by atoms with Crippen LogP contribution in [0.2, 0.25) is 0 Å². The van der Waals surface area contributed by atoms with Gasteiger partial charge < -0.3 is 4.90 Å². The molecule has 0 N–H and O–H groups in total. The molecule has 1 fully saturated rings. The first-order valence-corrected chi connectivity index (χ1v) is 9.04. The van der Waals surface area contributed by atoms with E-state index in [2.05, 4.69) is 53.5 Å². The Labute approximate surface area is 135 Å². The first-order valence-electron chi connectivity index (χ1n) is 9.04. The SMILES string of the molecule is C1=CCCC(C2CCN(CCCCc3ccccc3)CC2)=C1. The summed E-state index contributed by atoms with van der Waals surface area (Å²) in [4.78, 5) is 2.68. The third-order valence-corrected chi connectivity index (χ3v) is 5.19. The van der Waals surface area contributed by atoms with Crippen LogP contribution in [0, 0.1) is 5.92 Å². The van der Waals surface area contributed by atoms with Crippen LogP contribution >= 0.6 is 0 Å². The molecule has 1 aliphatic heterocycles. The minimum absolute atomic E-state index is 0.866. The van der Waals surface area contributed by atoms with Gasteiger partial charge in [0.05, 0.1) is 0 Å². The topological polar surface area (TPSA) is 3.24 Å². The number of rotatable bonds is 6. The Kier molecular flexibility index (Phi) is 5.89. The van der Waals surface area contributed by atoms with Crippen LogP contribution in [-0.4, -0.2) is 24.5 Å². The van der Waals surface area contributed by atoms with Gasteiger partial charge in [0, 0.05) is 0 Å². The molecule has 2 aliphatic rings. The molecule has 0 saturated carbocycles. The number of unbranched alkanes of at least 4 members (excludes halogenated alkanes) is 1. The van der Waals surface area contributed by atoms with Gasteiger partial charge in [0.15, 0.2) is 0 Å². The number of piperidine rings is 1. The fraction of sp³-hybridized carbons (Fsp3) is 0.524. The lowest BCUT2D eigenvalue weighted by molar-refractivity contribution is 0.194. The highest BCUT2D eigenvalue weighted by molar-refractivity contribution is 5.20. The van der Waals surface area contributed by atoms with Crippen LogP contribution in [0.5, 0.6) is 0 Å². The van der Waals surface area contributed by atoms with E-state index in [0.717, 1.165) is 5.92 Å². The van der Waals surface area contributed by atoms with E-state index >= 15 is 0 Å². The van der Waals surface area contributed by atoms with E-state index in [9.17, 15) is 0 Å². The number of aryl methyl sites for hydroxylation is 1. The van der Waals surface area contributed by atoms with Crippen molar-refractivity contribution in [1.29, 1.82) is 0 Å². The van der Waals surface area contributed by atoms with Gasteiger partial charge >= 0.3 is 0 Å². The van der Waals surface area contributed by atoms with E-state index in [4.69, 9.17) is 0 Å². The Morgan fingerprint density at radius 3 is 2.55 bits per heavy atom. The number of nitrogens with zero attached hydrogens (tertiary/aromatic N) is 1. The lowest BCUT2D eigenvalue weighted by Crippen LogP contribution is -2.35. The van der Waals surface area contributed by atoms with Gasteiger partial charge in [0.25, 0.3) is 0 Å². The fourth-order valence-electron chi connectivity index (χ4n) is 3.80. The average Bonchev–Trinajstić information content (AvgIpc) is 2.61. The average molecular weight is 295 g/mol. The summed E-state index contributed by atoms with van der Waals surface area (Å²) >= 11 is 0. The van der Waals surface area contributed by atoms with Crippen LogP contribution in [0.15, 0.2) is 54.1 Å². The second-order valence-corrected chi connectivity index (χ2v) is 6.77. The standard InChI is InChI=1S/C21H29N/c1-3-9-19(10-4-1)11-7-8-16-22-17-14-21(15-18-22)20-12-5-2-6-13-20/h1-5,9-10,12,21H,6-8,11,13-18H2.